The molecule has 4 heteroatoms. The van der Waals surface area contributed by atoms with Crippen LogP contribution in [0.15, 0.2) is 24.4 Å². The van der Waals surface area contributed by atoms with Crippen LogP contribution in [0.5, 0.6) is 0 Å². The minimum Gasteiger partial charge on any atom is -0.347 e. The fraction of sp³-hybridized carbons (Fsp3) is 0.571. The van der Waals surface area contributed by atoms with Gasteiger partial charge >= 0.3 is 0 Å². The first-order valence-electron chi connectivity index (χ1n) is 6.60. The Kier molecular flexibility index (Phi) is 3.97. The maximum atomic E-state index is 12.4. The van der Waals surface area contributed by atoms with Crippen molar-refractivity contribution in [3.8, 4) is 0 Å². The van der Waals surface area contributed by atoms with Gasteiger partial charge in [0.25, 0.3) is 0 Å². The quantitative estimate of drug-likeness (QED) is 0.850. The van der Waals surface area contributed by atoms with Crippen LogP contribution in [0.1, 0.15) is 38.4 Å². The Morgan fingerprint density at radius 2 is 2.44 bits per heavy atom. The lowest BCUT2D eigenvalue weighted by Crippen LogP contribution is -2.43. The molecule has 0 bridgehead atoms. The maximum absolute atomic E-state index is 12.4. The van der Waals surface area contributed by atoms with Gasteiger partial charge in [-0.1, -0.05) is 13.0 Å². The second kappa shape index (κ2) is 5.48. The molecule has 4 nitrogen and oxygen atoms in total. The smallest absolute Gasteiger partial charge is 0.228 e. The molecular weight excluding hydrogens is 226 g/mol. The van der Waals surface area contributed by atoms with Crippen molar-refractivity contribution in [2.75, 3.05) is 13.1 Å². The molecule has 98 valence electrons. The van der Waals surface area contributed by atoms with Gasteiger partial charge in [-0.2, -0.15) is 0 Å². The summed E-state index contributed by atoms with van der Waals surface area (Å²) >= 11 is 0. The van der Waals surface area contributed by atoms with E-state index < -0.39 is 0 Å². The Morgan fingerprint density at radius 3 is 3.00 bits per heavy atom. The van der Waals surface area contributed by atoms with Crippen LogP contribution in [-0.2, 0) is 4.79 Å². The molecule has 1 aliphatic heterocycles. The molecule has 2 N–H and O–H groups in total. The summed E-state index contributed by atoms with van der Waals surface area (Å²) in [7, 11) is 0. The Morgan fingerprint density at radius 1 is 1.61 bits per heavy atom. The lowest BCUT2D eigenvalue weighted by molar-refractivity contribution is -0.131. The molecule has 1 amide bonds. The van der Waals surface area contributed by atoms with Crippen molar-refractivity contribution in [2.24, 2.45) is 5.41 Å². The summed E-state index contributed by atoms with van der Waals surface area (Å²) in [6, 6.07) is 5.73. The topological polar surface area (TPSA) is 54.0 Å². The second-order valence-electron chi connectivity index (χ2n) is 5.01. The van der Waals surface area contributed by atoms with Gasteiger partial charge in [0.2, 0.25) is 5.91 Å². The molecule has 1 saturated heterocycles. The van der Waals surface area contributed by atoms with E-state index >= 15 is 0 Å². The van der Waals surface area contributed by atoms with E-state index in [0.717, 1.165) is 31.6 Å². The second-order valence-corrected chi connectivity index (χ2v) is 5.01. The monoisotopic (exact) mass is 247 g/mol. The number of nitrogens with one attached hydrogen (secondary N) is 2. The first-order valence-corrected chi connectivity index (χ1v) is 6.60. The standard InChI is InChI=1S/C14H21N3O/c1-3-14(7-9-15-10-14)13(18)17-11(2)12-6-4-5-8-16-12/h4-6,8,11,15H,3,7,9-10H2,1-2H3,(H,17,18)/t11-,14?/m0/s1. The van der Waals surface area contributed by atoms with Crippen LogP contribution in [0.4, 0.5) is 0 Å². The molecule has 1 aromatic rings. The number of rotatable bonds is 4. The molecule has 1 fully saturated rings. The maximum Gasteiger partial charge on any atom is 0.228 e. The molecule has 0 aliphatic carbocycles. The van der Waals surface area contributed by atoms with Crippen molar-refractivity contribution in [2.45, 2.75) is 32.7 Å². The highest BCUT2D eigenvalue weighted by Crippen LogP contribution is 2.30. The highest BCUT2D eigenvalue weighted by molar-refractivity contribution is 5.83. The Labute approximate surface area is 108 Å². The lowest BCUT2D eigenvalue weighted by Gasteiger charge is -2.27. The molecule has 1 aromatic heterocycles. The Hall–Kier alpha value is -1.42. The van der Waals surface area contributed by atoms with Crippen molar-refractivity contribution in [3.63, 3.8) is 0 Å². The summed E-state index contributed by atoms with van der Waals surface area (Å²) in [6.07, 6.45) is 3.55. The van der Waals surface area contributed by atoms with Gasteiger partial charge in [-0.3, -0.25) is 9.78 Å². The lowest BCUT2D eigenvalue weighted by atomic mass is 9.83. The van der Waals surface area contributed by atoms with Crippen LogP contribution >= 0.6 is 0 Å². The molecule has 0 aromatic carbocycles. The Bertz CT molecular complexity index is 399. The minimum absolute atomic E-state index is 0.0391. The first-order chi connectivity index (χ1) is 8.68. The normalized spacial score (nSPS) is 24.8. The van der Waals surface area contributed by atoms with Crippen molar-refractivity contribution < 1.29 is 4.79 Å². The van der Waals surface area contributed by atoms with Crippen LogP contribution in [0, 0.1) is 5.41 Å². The zero-order valence-corrected chi connectivity index (χ0v) is 11.1. The third kappa shape index (κ3) is 2.53. The van der Waals surface area contributed by atoms with E-state index in [-0.39, 0.29) is 17.4 Å². The molecule has 2 rings (SSSR count). The van der Waals surface area contributed by atoms with Crippen LogP contribution in [0.3, 0.4) is 0 Å². The number of amides is 1. The number of hydrogen-bond acceptors (Lipinski definition) is 3. The van der Waals surface area contributed by atoms with Gasteiger partial charge in [0.05, 0.1) is 17.2 Å². The summed E-state index contributed by atoms with van der Waals surface area (Å²) in [5.74, 6) is 0.146. The van der Waals surface area contributed by atoms with Crippen molar-refractivity contribution in [3.05, 3.63) is 30.1 Å². The summed E-state index contributed by atoms with van der Waals surface area (Å²) < 4.78 is 0. The van der Waals surface area contributed by atoms with Crippen LogP contribution in [-0.4, -0.2) is 24.0 Å². The van der Waals surface area contributed by atoms with E-state index in [0.29, 0.717) is 0 Å². The number of aromatic nitrogens is 1. The number of nitrogens with zero attached hydrogens (tertiary/aromatic N) is 1. The van der Waals surface area contributed by atoms with Crippen molar-refractivity contribution >= 4 is 5.91 Å². The summed E-state index contributed by atoms with van der Waals surface area (Å²) in [5.41, 5.74) is 0.673. The zero-order valence-electron chi connectivity index (χ0n) is 11.1. The van der Waals surface area contributed by atoms with Gasteiger partial charge in [0.1, 0.15) is 0 Å². The molecule has 0 radical (unpaired) electrons. The predicted molar refractivity (Wildman–Crippen MR) is 71.0 cm³/mol. The third-order valence-electron chi connectivity index (χ3n) is 3.88. The molecule has 2 atom stereocenters. The van der Waals surface area contributed by atoms with Gasteiger partial charge in [-0.05, 0) is 38.4 Å². The predicted octanol–water partition coefficient (Wildman–Crippen LogP) is 1.65. The van der Waals surface area contributed by atoms with Crippen LogP contribution in [0.2, 0.25) is 0 Å². The summed E-state index contributed by atoms with van der Waals surface area (Å²) in [5, 5.41) is 6.37. The zero-order chi connectivity index (χ0) is 13.0. The fourth-order valence-electron chi connectivity index (χ4n) is 2.46. The van der Waals surface area contributed by atoms with Gasteiger partial charge in [-0.15, -0.1) is 0 Å². The molecular formula is C14H21N3O. The van der Waals surface area contributed by atoms with E-state index in [9.17, 15) is 4.79 Å². The molecule has 0 spiro atoms. The molecule has 0 saturated carbocycles. The van der Waals surface area contributed by atoms with E-state index in [1.165, 1.54) is 0 Å². The van der Waals surface area contributed by atoms with Crippen molar-refractivity contribution in [1.29, 1.82) is 0 Å². The molecule has 1 unspecified atom stereocenters. The number of pyridine rings is 1. The minimum atomic E-state index is -0.233. The van der Waals surface area contributed by atoms with E-state index in [4.69, 9.17) is 0 Å². The summed E-state index contributed by atoms with van der Waals surface area (Å²) in [6.45, 7) is 5.77. The molecule has 1 aliphatic rings. The number of carbonyl (C=O) groups is 1. The van der Waals surface area contributed by atoms with Crippen molar-refractivity contribution in [1.82, 2.24) is 15.6 Å². The van der Waals surface area contributed by atoms with Gasteiger partial charge < -0.3 is 10.6 Å². The largest absolute Gasteiger partial charge is 0.347 e. The first kappa shape index (κ1) is 13.0. The van der Waals surface area contributed by atoms with Gasteiger partial charge in [0, 0.05) is 12.7 Å². The number of carbonyl (C=O) groups excluding carboxylic acids is 1. The van der Waals surface area contributed by atoms with Crippen LogP contribution < -0.4 is 10.6 Å². The number of hydrogen-bond donors (Lipinski definition) is 2. The van der Waals surface area contributed by atoms with Crippen LogP contribution in [0.25, 0.3) is 0 Å². The fourth-order valence-corrected chi connectivity index (χ4v) is 2.46. The van der Waals surface area contributed by atoms with E-state index in [1.807, 2.05) is 25.1 Å². The third-order valence-corrected chi connectivity index (χ3v) is 3.88. The average molecular weight is 247 g/mol. The Balaban J connectivity index is 2.03. The highest BCUT2D eigenvalue weighted by atomic mass is 16.2. The van der Waals surface area contributed by atoms with Gasteiger partial charge in [0.15, 0.2) is 0 Å². The van der Waals surface area contributed by atoms with E-state index in [1.54, 1.807) is 6.20 Å². The van der Waals surface area contributed by atoms with Gasteiger partial charge in [-0.25, -0.2) is 0 Å². The molecule has 18 heavy (non-hydrogen) atoms. The van der Waals surface area contributed by atoms with E-state index in [2.05, 4.69) is 22.5 Å². The average Bonchev–Trinajstić information content (AvgIpc) is 2.89. The summed E-state index contributed by atoms with van der Waals surface area (Å²) in [4.78, 5) is 16.7. The highest BCUT2D eigenvalue weighted by Gasteiger charge is 2.39. The SMILES string of the molecule is CCC1(C(=O)N[C@@H](C)c2ccccn2)CCNC1. The molecule has 2 heterocycles.